The molecule has 1 N–H and O–H groups in total. The van der Waals surface area contributed by atoms with E-state index < -0.39 is 30.5 Å². The highest BCUT2D eigenvalue weighted by Gasteiger charge is 2.56. The molecule has 32 heavy (non-hydrogen) atoms. The molecular weight excluding hydrogens is 740 g/mol. The predicted molar refractivity (Wildman–Crippen MR) is 147 cm³/mol. The van der Waals surface area contributed by atoms with E-state index in [-0.39, 0.29) is 28.7 Å². The SMILES string of the molecule is CCCC(O)c1c(C(Cl)(Cl)C(Cl)(Cl)Cl)cc(C(Cl)(Cl)C(Cl)(Cl)Cl)cc1C(Cl)(Cl)C(Cl)(Cl)Cl. The normalized spacial score (nSPS) is 15.8. The highest BCUT2D eigenvalue weighted by Crippen LogP contribution is 2.61. The smallest absolute Gasteiger partial charge is 0.227 e. The Morgan fingerprint density at radius 2 is 0.938 bits per heavy atom. The first kappa shape index (κ1) is 33.6. The molecule has 0 spiro atoms. The minimum atomic E-state index is -2.37. The van der Waals surface area contributed by atoms with Crippen LogP contribution < -0.4 is 0 Å². The van der Waals surface area contributed by atoms with Gasteiger partial charge in [0.15, 0.2) is 13.0 Å². The molecule has 0 aliphatic carbocycles. The van der Waals surface area contributed by atoms with E-state index >= 15 is 0 Å². The molecule has 1 rings (SSSR count). The minimum Gasteiger partial charge on any atom is -0.388 e. The maximum atomic E-state index is 11.0. The molecule has 0 saturated carbocycles. The molecule has 0 amide bonds. The quantitative estimate of drug-likeness (QED) is 0.287. The van der Waals surface area contributed by atoms with Gasteiger partial charge < -0.3 is 5.11 Å². The first-order chi connectivity index (χ1) is 13.9. The van der Waals surface area contributed by atoms with Crippen LogP contribution in [-0.4, -0.2) is 16.5 Å². The number of halogens is 15. The van der Waals surface area contributed by atoms with Gasteiger partial charge in [0.2, 0.25) is 11.4 Å². The van der Waals surface area contributed by atoms with Gasteiger partial charge in [0.05, 0.1) is 6.10 Å². The molecule has 1 aromatic rings. The largest absolute Gasteiger partial charge is 0.388 e. The molecule has 0 aliphatic rings. The molecule has 0 heterocycles. The lowest BCUT2D eigenvalue weighted by molar-refractivity contribution is 0.163. The summed E-state index contributed by atoms with van der Waals surface area (Å²) in [5.41, 5.74) is -0.724. The first-order valence-corrected chi connectivity index (χ1v) is 13.8. The van der Waals surface area contributed by atoms with E-state index in [9.17, 15) is 5.11 Å². The van der Waals surface area contributed by atoms with Gasteiger partial charge in [-0.3, -0.25) is 0 Å². The van der Waals surface area contributed by atoms with Crippen molar-refractivity contribution in [3.05, 3.63) is 34.4 Å². The summed E-state index contributed by atoms with van der Waals surface area (Å²) < 4.78 is -14.0. The molecule has 0 radical (unpaired) electrons. The second-order valence-corrected chi connectivity index (χ2v) is 17.3. The van der Waals surface area contributed by atoms with Crippen LogP contribution in [0.4, 0.5) is 0 Å². The van der Waals surface area contributed by atoms with Crippen molar-refractivity contribution in [2.45, 2.75) is 50.2 Å². The topological polar surface area (TPSA) is 20.2 Å². The van der Waals surface area contributed by atoms with E-state index in [4.69, 9.17) is 174 Å². The molecule has 1 unspecified atom stereocenters. The average molecular weight is 751 g/mol. The van der Waals surface area contributed by atoms with Crippen molar-refractivity contribution < 1.29 is 5.11 Å². The minimum absolute atomic E-state index is 0.100. The fourth-order valence-corrected chi connectivity index (χ4v) is 4.38. The van der Waals surface area contributed by atoms with E-state index in [0.29, 0.717) is 6.42 Å². The van der Waals surface area contributed by atoms with Gasteiger partial charge in [-0.15, -0.1) is 0 Å². The zero-order chi connectivity index (χ0) is 25.7. The van der Waals surface area contributed by atoms with Gasteiger partial charge in [0.25, 0.3) is 0 Å². The van der Waals surface area contributed by atoms with Crippen molar-refractivity contribution in [3.8, 4) is 0 Å². The Kier molecular flexibility index (Phi) is 11.9. The third-order valence-electron chi connectivity index (χ3n) is 4.18. The van der Waals surface area contributed by atoms with Crippen LogP contribution in [0.25, 0.3) is 0 Å². The van der Waals surface area contributed by atoms with Crippen LogP contribution in [0.5, 0.6) is 0 Å². The molecule has 1 atom stereocenters. The van der Waals surface area contributed by atoms with Gasteiger partial charge in [-0.2, -0.15) is 0 Å². The summed E-state index contributed by atoms with van der Waals surface area (Å²) in [6.45, 7) is 1.79. The van der Waals surface area contributed by atoms with Crippen molar-refractivity contribution in [1.29, 1.82) is 0 Å². The molecule has 0 aliphatic heterocycles. The third-order valence-corrected chi connectivity index (χ3v) is 11.4. The molecule has 16 heteroatoms. The number of alkyl halides is 15. The Morgan fingerprint density at radius 1 is 0.625 bits per heavy atom. The Balaban J connectivity index is 4.31. The fourth-order valence-electron chi connectivity index (χ4n) is 2.60. The number of aliphatic hydroxyl groups excluding tert-OH is 1. The Hall–Kier alpha value is 3.53. The highest BCUT2D eigenvalue weighted by atomic mass is 35.6. The summed E-state index contributed by atoms with van der Waals surface area (Å²) in [4.78, 5) is 0. The van der Waals surface area contributed by atoms with E-state index in [0.717, 1.165) is 0 Å². The predicted octanol–water partition coefficient (Wildman–Crippen LogP) is 11.5. The van der Waals surface area contributed by atoms with Crippen molar-refractivity contribution in [2.24, 2.45) is 0 Å². The lowest BCUT2D eigenvalue weighted by atomic mass is 9.87. The molecule has 186 valence electrons. The van der Waals surface area contributed by atoms with Gasteiger partial charge in [-0.05, 0) is 40.8 Å². The lowest BCUT2D eigenvalue weighted by Crippen LogP contribution is -2.36. The van der Waals surface area contributed by atoms with Gasteiger partial charge in [0, 0.05) is 0 Å². The Bertz CT molecular complexity index is 769. The van der Waals surface area contributed by atoms with E-state index in [1.165, 1.54) is 12.1 Å². The van der Waals surface area contributed by atoms with Crippen molar-refractivity contribution in [2.75, 3.05) is 0 Å². The van der Waals surface area contributed by atoms with E-state index in [1.807, 2.05) is 0 Å². The van der Waals surface area contributed by atoms with Crippen molar-refractivity contribution in [1.82, 2.24) is 0 Å². The summed E-state index contributed by atoms with van der Waals surface area (Å²) >= 11 is 92.5. The number of benzene rings is 1. The van der Waals surface area contributed by atoms with Crippen molar-refractivity contribution in [3.63, 3.8) is 0 Å². The number of aliphatic hydroxyl groups is 1. The monoisotopic (exact) mass is 744 g/mol. The molecule has 0 fully saturated rings. The third kappa shape index (κ3) is 6.93. The fraction of sp³-hybridized carbons (Fsp3) is 0.625. The zero-order valence-corrected chi connectivity index (χ0v) is 26.6. The van der Waals surface area contributed by atoms with Crippen LogP contribution in [0.2, 0.25) is 0 Å². The van der Waals surface area contributed by atoms with Crippen LogP contribution >= 0.6 is 174 Å². The Labute approximate surface area is 260 Å². The van der Waals surface area contributed by atoms with E-state index in [2.05, 4.69) is 0 Å². The Morgan fingerprint density at radius 3 is 1.19 bits per heavy atom. The van der Waals surface area contributed by atoms with Gasteiger partial charge >= 0.3 is 0 Å². The summed E-state index contributed by atoms with van der Waals surface area (Å²) in [7, 11) is 0. The van der Waals surface area contributed by atoms with Crippen LogP contribution in [0, 0.1) is 0 Å². The van der Waals surface area contributed by atoms with Crippen LogP contribution in [0.1, 0.15) is 48.1 Å². The zero-order valence-electron chi connectivity index (χ0n) is 15.3. The number of rotatable bonds is 6. The number of hydrogen-bond acceptors (Lipinski definition) is 1. The van der Waals surface area contributed by atoms with Crippen LogP contribution in [-0.2, 0) is 13.0 Å². The summed E-state index contributed by atoms with van der Waals surface area (Å²) in [5.74, 6) is 0. The molecule has 0 saturated heterocycles. The molecule has 0 bridgehead atoms. The average Bonchev–Trinajstić information content (AvgIpc) is 2.57. The highest BCUT2D eigenvalue weighted by molar-refractivity contribution is 6.77. The van der Waals surface area contributed by atoms with E-state index in [1.54, 1.807) is 6.92 Å². The van der Waals surface area contributed by atoms with Gasteiger partial charge in [-0.25, -0.2) is 0 Å². The maximum Gasteiger partial charge on any atom is 0.227 e. The summed E-state index contributed by atoms with van der Waals surface area (Å²) in [6, 6.07) is 2.34. The molecule has 1 aromatic carbocycles. The maximum absolute atomic E-state index is 11.0. The van der Waals surface area contributed by atoms with Crippen LogP contribution in [0.15, 0.2) is 12.1 Å². The molecule has 0 aromatic heterocycles. The second kappa shape index (κ2) is 11.3. The second-order valence-electron chi connectivity index (χ2n) is 6.51. The molecular formula is C16H11Cl15O. The molecule has 1 nitrogen and oxygen atoms in total. The van der Waals surface area contributed by atoms with Gasteiger partial charge in [0.1, 0.15) is 0 Å². The lowest BCUT2D eigenvalue weighted by Gasteiger charge is -2.38. The number of hydrogen-bond donors (Lipinski definition) is 1. The standard InChI is InChI=1S/C16H11Cl15O/c1-2-3-9(32)10-7(12(19,20)15(26,27)28)4-6(11(17,18)14(23,24)25)5-8(10)13(21,22)16(29,30)31/h4-5,9,32H,2-3H2,1H3. The summed E-state index contributed by atoms with van der Waals surface area (Å²) in [6.07, 6.45) is -0.675. The first-order valence-electron chi connectivity index (χ1n) is 8.15. The van der Waals surface area contributed by atoms with Crippen LogP contribution in [0.3, 0.4) is 0 Å². The van der Waals surface area contributed by atoms with Gasteiger partial charge in [-0.1, -0.05) is 187 Å². The van der Waals surface area contributed by atoms with Crippen molar-refractivity contribution >= 4 is 174 Å². The summed E-state index contributed by atoms with van der Waals surface area (Å²) in [5, 5.41) is 11.0.